The van der Waals surface area contributed by atoms with Gasteiger partial charge in [-0.3, -0.25) is 4.79 Å². The van der Waals surface area contributed by atoms with Crippen molar-refractivity contribution >= 4 is 17.5 Å². The highest BCUT2D eigenvalue weighted by Gasteiger charge is 2.20. The van der Waals surface area contributed by atoms with Gasteiger partial charge in [0.1, 0.15) is 12.7 Å². The van der Waals surface area contributed by atoms with Crippen LogP contribution in [0.2, 0.25) is 5.02 Å². The first-order valence-corrected chi connectivity index (χ1v) is 7.48. The predicted molar refractivity (Wildman–Crippen MR) is 84.5 cm³/mol. The molecular weight excluding hydrogens is 302 g/mol. The number of carbonyl (C=O) groups is 1. The number of fused-ring (bicyclic) bond motifs is 1. The Hall–Kier alpha value is -2.20. The van der Waals surface area contributed by atoms with E-state index in [1.165, 1.54) is 0 Å². The van der Waals surface area contributed by atoms with Crippen molar-refractivity contribution in [1.29, 1.82) is 0 Å². The topological polar surface area (TPSA) is 47.6 Å². The summed E-state index contributed by atoms with van der Waals surface area (Å²) < 4.78 is 11.4. The van der Waals surface area contributed by atoms with Crippen LogP contribution in [-0.2, 0) is 11.2 Å². The molecule has 0 saturated carbocycles. The van der Waals surface area contributed by atoms with Gasteiger partial charge in [-0.1, -0.05) is 35.9 Å². The van der Waals surface area contributed by atoms with E-state index in [2.05, 4.69) is 5.32 Å². The fourth-order valence-corrected chi connectivity index (χ4v) is 2.37. The van der Waals surface area contributed by atoms with Crippen LogP contribution in [0.5, 0.6) is 11.5 Å². The highest BCUT2D eigenvalue weighted by atomic mass is 35.5. The molecule has 0 saturated heterocycles. The zero-order valence-corrected chi connectivity index (χ0v) is 12.7. The summed E-state index contributed by atoms with van der Waals surface area (Å²) >= 11 is 5.82. The largest absolute Gasteiger partial charge is 0.486 e. The minimum Gasteiger partial charge on any atom is -0.486 e. The van der Waals surface area contributed by atoms with Gasteiger partial charge in [0, 0.05) is 5.02 Å². The number of carbonyl (C=O) groups excluding carboxylic acids is 1. The van der Waals surface area contributed by atoms with Crippen LogP contribution in [0.15, 0.2) is 48.5 Å². The minimum absolute atomic E-state index is 0.0511. The van der Waals surface area contributed by atoms with Crippen LogP contribution >= 0.6 is 11.6 Å². The van der Waals surface area contributed by atoms with Crippen molar-refractivity contribution < 1.29 is 14.3 Å². The van der Waals surface area contributed by atoms with Gasteiger partial charge in [0.15, 0.2) is 11.5 Å². The maximum absolute atomic E-state index is 11.9. The van der Waals surface area contributed by atoms with Crippen LogP contribution in [0.4, 0.5) is 0 Å². The molecule has 1 heterocycles. The molecule has 3 rings (SSSR count). The van der Waals surface area contributed by atoms with Crippen molar-refractivity contribution in [3.63, 3.8) is 0 Å². The maximum atomic E-state index is 11.9. The highest BCUT2D eigenvalue weighted by molar-refractivity contribution is 6.30. The number of ether oxygens (including phenoxy) is 2. The molecule has 1 amide bonds. The molecule has 0 fully saturated rings. The number of hydrogen-bond acceptors (Lipinski definition) is 3. The van der Waals surface area contributed by atoms with E-state index in [4.69, 9.17) is 21.1 Å². The highest BCUT2D eigenvalue weighted by Crippen LogP contribution is 2.30. The molecule has 0 aromatic heterocycles. The van der Waals surface area contributed by atoms with Crippen molar-refractivity contribution in [3.05, 3.63) is 59.1 Å². The molecule has 1 N–H and O–H groups in total. The van der Waals surface area contributed by atoms with E-state index in [-0.39, 0.29) is 12.0 Å². The van der Waals surface area contributed by atoms with Crippen LogP contribution in [0.3, 0.4) is 0 Å². The molecule has 22 heavy (non-hydrogen) atoms. The summed E-state index contributed by atoms with van der Waals surface area (Å²) in [5.41, 5.74) is 0.924. The first-order chi connectivity index (χ1) is 10.7. The standard InChI is InChI=1S/C17H16ClNO3/c18-13-7-5-12(6-8-13)9-17(20)19-10-14-11-21-15-3-1-2-4-16(15)22-14/h1-8,14H,9-11H2,(H,19,20)/t14-/m1/s1. The monoisotopic (exact) mass is 317 g/mol. The van der Waals surface area contributed by atoms with Gasteiger partial charge in [-0.05, 0) is 29.8 Å². The average Bonchev–Trinajstić information content (AvgIpc) is 2.55. The van der Waals surface area contributed by atoms with Gasteiger partial charge in [-0.2, -0.15) is 0 Å². The molecule has 5 heteroatoms. The lowest BCUT2D eigenvalue weighted by atomic mass is 10.1. The van der Waals surface area contributed by atoms with Crippen LogP contribution in [0, 0.1) is 0 Å². The second-order valence-electron chi connectivity index (χ2n) is 5.10. The van der Waals surface area contributed by atoms with Crippen molar-refractivity contribution in [3.8, 4) is 11.5 Å². The quantitative estimate of drug-likeness (QED) is 0.943. The van der Waals surface area contributed by atoms with Crippen molar-refractivity contribution in [2.24, 2.45) is 0 Å². The Labute approximate surface area is 134 Å². The summed E-state index contributed by atoms with van der Waals surface area (Å²) in [5, 5.41) is 3.53. The molecular formula is C17H16ClNO3. The summed E-state index contributed by atoms with van der Waals surface area (Å²) in [4.78, 5) is 11.9. The molecule has 1 atom stereocenters. The molecule has 0 unspecified atom stereocenters. The number of benzene rings is 2. The van der Waals surface area contributed by atoms with E-state index >= 15 is 0 Å². The number of rotatable bonds is 4. The van der Waals surface area contributed by atoms with Gasteiger partial charge in [-0.25, -0.2) is 0 Å². The molecule has 1 aliphatic heterocycles. The van der Waals surface area contributed by atoms with Gasteiger partial charge in [0.05, 0.1) is 13.0 Å². The van der Waals surface area contributed by atoms with E-state index in [1.807, 2.05) is 36.4 Å². The summed E-state index contributed by atoms with van der Waals surface area (Å²) in [7, 11) is 0. The van der Waals surface area contributed by atoms with Crippen molar-refractivity contribution in [2.45, 2.75) is 12.5 Å². The van der Waals surface area contributed by atoms with E-state index in [0.717, 1.165) is 11.3 Å². The summed E-state index contributed by atoms with van der Waals surface area (Å²) in [6.07, 6.45) is 0.144. The lowest BCUT2D eigenvalue weighted by Gasteiger charge is -2.26. The summed E-state index contributed by atoms with van der Waals surface area (Å²) in [6.45, 7) is 0.846. The summed E-state index contributed by atoms with van der Waals surface area (Å²) in [5.74, 6) is 1.40. The molecule has 0 aliphatic carbocycles. The molecule has 2 aromatic rings. The molecule has 1 aliphatic rings. The first kappa shape index (κ1) is 14.7. The zero-order valence-electron chi connectivity index (χ0n) is 11.9. The predicted octanol–water partition coefficient (Wildman–Crippen LogP) is 2.84. The van der Waals surface area contributed by atoms with Gasteiger partial charge in [0.25, 0.3) is 0 Å². The fraction of sp³-hybridized carbons (Fsp3) is 0.235. The Morgan fingerprint density at radius 1 is 1.14 bits per heavy atom. The Morgan fingerprint density at radius 2 is 1.86 bits per heavy atom. The van der Waals surface area contributed by atoms with Crippen LogP contribution in [0.1, 0.15) is 5.56 Å². The average molecular weight is 318 g/mol. The third-order valence-corrected chi connectivity index (χ3v) is 3.62. The molecule has 114 valence electrons. The third kappa shape index (κ3) is 3.71. The molecule has 0 spiro atoms. The lowest BCUT2D eigenvalue weighted by molar-refractivity contribution is -0.120. The normalized spacial score (nSPS) is 16.1. The molecule has 0 bridgehead atoms. The van der Waals surface area contributed by atoms with E-state index in [1.54, 1.807) is 12.1 Å². The Bertz CT molecular complexity index is 657. The lowest BCUT2D eigenvalue weighted by Crippen LogP contribution is -2.41. The second-order valence-corrected chi connectivity index (χ2v) is 5.54. The number of amides is 1. The second kappa shape index (κ2) is 6.71. The molecule has 0 radical (unpaired) electrons. The fourth-order valence-electron chi connectivity index (χ4n) is 2.24. The Kier molecular flexibility index (Phi) is 4.49. The Balaban J connectivity index is 1.49. The van der Waals surface area contributed by atoms with Gasteiger partial charge in [0.2, 0.25) is 5.91 Å². The van der Waals surface area contributed by atoms with Gasteiger partial charge in [-0.15, -0.1) is 0 Å². The number of halogens is 1. The van der Waals surface area contributed by atoms with Crippen LogP contribution < -0.4 is 14.8 Å². The minimum atomic E-state index is -0.177. The summed E-state index contributed by atoms with van der Waals surface area (Å²) in [6, 6.07) is 14.8. The SMILES string of the molecule is O=C(Cc1ccc(Cl)cc1)NC[C@@H]1COc2ccccc2O1. The van der Waals surface area contributed by atoms with Crippen LogP contribution in [0.25, 0.3) is 0 Å². The van der Waals surface area contributed by atoms with Gasteiger partial charge < -0.3 is 14.8 Å². The maximum Gasteiger partial charge on any atom is 0.224 e. The van der Waals surface area contributed by atoms with Crippen molar-refractivity contribution in [1.82, 2.24) is 5.32 Å². The van der Waals surface area contributed by atoms with E-state index in [9.17, 15) is 4.79 Å². The smallest absolute Gasteiger partial charge is 0.224 e. The molecule has 4 nitrogen and oxygen atoms in total. The van der Waals surface area contributed by atoms with E-state index in [0.29, 0.717) is 30.3 Å². The number of para-hydroxylation sites is 2. The number of nitrogens with one attached hydrogen (secondary N) is 1. The first-order valence-electron chi connectivity index (χ1n) is 7.10. The number of hydrogen-bond donors (Lipinski definition) is 1. The Morgan fingerprint density at radius 3 is 2.64 bits per heavy atom. The molecule has 2 aromatic carbocycles. The van der Waals surface area contributed by atoms with Crippen molar-refractivity contribution in [2.75, 3.05) is 13.2 Å². The van der Waals surface area contributed by atoms with Gasteiger partial charge >= 0.3 is 0 Å². The zero-order chi connectivity index (χ0) is 15.4. The van der Waals surface area contributed by atoms with E-state index < -0.39 is 0 Å². The third-order valence-electron chi connectivity index (χ3n) is 3.37. The van der Waals surface area contributed by atoms with Crippen LogP contribution in [-0.4, -0.2) is 25.2 Å².